The number of carbonyl (C=O) groups excluding carboxylic acids is 1. The van der Waals surface area contributed by atoms with E-state index in [-0.39, 0.29) is 36.2 Å². The van der Waals surface area contributed by atoms with Gasteiger partial charge in [-0.1, -0.05) is 0 Å². The maximum absolute atomic E-state index is 13.4. The fourth-order valence-electron chi connectivity index (χ4n) is 4.30. The van der Waals surface area contributed by atoms with Crippen LogP contribution in [-0.4, -0.2) is 83.6 Å². The average Bonchev–Trinajstić information content (AvgIpc) is 3.02. The first-order valence-corrected chi connectivity index (χ1v) is 11.3. The van der Waals surface area contributed by atoms with Gasteiger partial charge in [0.15, 0.2) is 5.82 Å². The van der Waals surface area contributed by atoms with Gasteiger partial charge in [-0.2, -0.15) is 13.2 Å². The number of nitrogens with zero attached hydrogens (tertiary/aromatic N) is 5. The number of urea groups is 1. The van der Waals surface area contributed by atoms with Crippen LogP contribution in [-0.2, 0) is 10.9 Å². The number of hydrogen-bond donors (Lipinski definition) is 3. The number of rotatable bonds is 6. The van der Waals surface area contributed by atoms with E-state index in [1.54, 1.807) is 18.7 Å². The normalized spacial score (nSPS) is 20.5. The third-order valence-corrected chi connectivity index (χ3v) is 6.36. The Balaban J connectivity index is 1.79. The van der Waals surface area contributed by atoms with E-state index in [2.05, 4.69) is 20.3 Å². The van der Waals surface area contributed by atoms with Crippen LogP contribution in [0.5, 0.6) is 0 Å². The summed E-state index contributed by atoms with van der Waals surface area (Å²) in [5, 5.41) is 3.15. The van der Waals surface area contributed by atoms with Gasteiger partial charge >= 0.3 is 12.2 Å². The molecule has 0 unspecified atom stereocenters. The van der Waals surface area contributed by atoms with Crippen molar-refractivity contribution in [2.45, 2.75) is 44.4 Å². The molecule has 2 aliphatic rings. The zero-order valence-electron chi connectivity index (χ0n) is 20.4. The summed E-state index contributed by atoms with van der Waals surface area (Å²) in [4.78, 5) is 27.6. The Hall–Kier alpha value is -2.93. The molecule has 1 aromatic heterocycles. The Bertz CT molecular complexity index is 987. The van der Waals surface area contributed by atoms with Gasteiger partial charge in [0.2, 0.25) is 5.82 Å². The van der Waals surface area contributed by atoms with Crippen LogP contribution < -0.4 is 16.8 Å². The second-order valence-corrected chi connectivity index (χ2v) is 9.54. The Kier molecular flexibility index (Phi) is 7.90. The number of nitrogens with one attached hydrogen (secondary N) is 1. The number of halogens is 3. The van der Waals surface area contributed by atoms with Crippen LogP contribution in [0.1, 0.15) is 32.5 Å². The van der Waals surface area contributed by atoms with Crippen molar-refractivity contribution >= 4 is 17.7 Å². The number of likely N-dealkylation sites (N-methyl/N-ethyl adjacent to an activating group) is 1. The number of ether oxygens (including phenoxy) is 1. The molecular weight excluding hydrogens is 465 g/mol. The van der Waals surface area contributed by atoms with Gasteiger partial charge in [-0.15, -0.1) is 0 Å². The smallest absolute Gasteiger partial charge is 0.400 e. The molecule has 3 heterocycles. The minimum absolute atomic E-state index is 0.0552. The Labute approximate surface area is 202 Å². The van der Waals surface area contributed by atoms with Crippen molar-refractivity contribution in [1.82, 2.24) is 25.1 Å². The van der Waals surface area contributed by atoms with Crippen LogP contribution in [0.4, 0.5) is 23.8 Å². The number of alkyl halides is 3. The van der Waals surface area contributed by atoms with E-state index >= 15 is 0 Å². The Morgan fingerprint density at radius 1 is 1.37 bits per heavy atom. The van der Waals surface area contributed by atoms with Crippen LogP contribution in [0, 0.1) is 5.92 Å². The fourth-order valence-corrected chi connectivity index (χ4v) is 4.30. The molecule has 0 saturated carbocycles. The molecule has 3 rings (SSSR count). The van der Waals surface area contributed by atoms with E-state index in [0.29, 0.717) is 31.0 Å². The second-order valence-electron chi connectivity index (χ2n) is 9.54. The molecule has 1 atom stereocenters. The van der Waals surface area contributed by atoms with Gasteiger partial charge in [0, 0.05) is 49.3 Å². The first kappa shape index (κ1) is 26.7. The van der Waals surface area contributed by atoms with E-state index in [0.717, 1.165) is 19.0 Å². The molecule has 1 saturated heterocycles. The third kappa shape index (κ3) is 6.20. The summed E-state index contributed by atoms with van der Waals surface area (Å²) in [6.45, 7) is 5.60. The van der Waals surface area contributed by atoms with Crippen LogP contribution in [0.25, 0.3) is 0 Å². The predicted molar refractivity (Wildman–Crippen MR) is 125 cm³/mol. The van der Waals surface area contributed by atoms with Crippen LogP contribution in [0.2, 0.25) is 0 Å². The number of aliphatic imine (C=N–C) groups is 1. The molecule has 13 heteroatoms. The van der Waals surface area contributed by atoms with Gasteiger partial charge in [0.1, 0.15) is 5.84 Å². The number of carbonyl (C=O) groups is 1. The van der Waals surface area contributed by atoms with Crippen LogP contribution >= 0.6 is 0 Å². The van der Waals surface area contributed by atoms with Crippen LogP contribution in [0.3, 0.4) is 0 Å². The standard InChI is InChI=1S/C22H33F3N8O2/c1-21(2)17(26)14(18(27)30-16-5-8-28-19(31-16)22(23,24)25)11-33(21)20(34)29-15(12-32(3)4)13-6-9-35-10-7-13/h5,8,13,15H,6-7,9-12,26H2,1-4H3,(H,29,34)(H2,27,28,30,31)/t15-/m1/s1. The van der Waals surface area contributed by atoms with Crippen molar-refractivity contribution in [3.8, 4) is 0 Å². The van der Waals surface area contributed by atoms with E-state index in [1.807, 2.05) is 19.0 Å². The van der Waals surface area contributed by atoms with Crippen molar-refractivity contribution in [2.24, 2.45) is 22.4 Å². The lowest BCUT2D eigenvalue weighted by Gasteiger charge is -2.37. The summed E-state index contributed by atoms with van der Waals surface area (Å²) in [5.74, 6) is -1.40. The molecule has 1 fully saturated rings. The molecule has 0 bridgehead atoms. The van der Waals surface area contributed by atoms with Gasteiger partial charge in [-0.25, -0.2) is 19.8 Å². The quantitative estimate of drug-likeness (QED) is 0.402. The summed E-state index contributed by atoms with van der Waals surface area (Å²) in [5.41, 5.74) is 12.3. The van der Waals surface area contributed by atoms with Gasteiger partial charge in [-0.05, 0) is 46.7 Å². The maximum atomic E-state index is 13.4. The second kappa shape index (κ2) is 10.4. The Morgan fingerprint density at radius 2 is 2.03 bits per heavy atom. The van der Waals surface area contributed by atoms with Crippen molar-refractivity contribution in [3.63, 3.8) is 0 Å². The lowest BCUT2D eigenvalue weighted by Crippen LogP contribution is -2.56. The molecule has 5 N–H and O–H groups in total. The number of amidine groups is 1. The molecule has 2 aliphatic heterocycles. The topological polar surface area (TPSA) is 135 Å². The summed E-state index contributed by atoms with van der Waals surface area (Å²) in [7, 11) is 3.90. The lowest BCUT2D eigenvalue weighted by atomic mass is 9.91. The highest BCUT2D eigenvalue weighted by atomic mass is 19.4. The molecule has 194 valence electrons. The molecule has 35 heavy (non-hydrogen) atoms. The van der Waals surface area contributed by atoms with Crippen LogP contribution in [0.15, 0.2) is 28.5 Å². The zero-order chi connectivity index (χ0) is 26.0. The molecule has 0 aromatic carbocycles. The molecule has 0 spiro atoms. The SMILES string of the molecule is CN(C)C[C@@H](NC(=O)N1CC(C(N)=Nc2ccnc(C(F)(F)F)n2)=C(N)C1(C)C)C1CCOCC1. The van der Waals surface area contributed by atoms with E-state index in [4.69, 9.17) is 16.2 Å². The molecular formula is C22H33F3N8O2. The van der Waals surface area contributed by atoms with Crippen molar-refractivity contribution in [2.75, 3.05) is 40.4 Å². The minimum Gasteiger partial charge on any atom is -0.400 e. The predicted octanol–water partition coefficient (Wildman–Crippen LogP) is 1.86. The van der Waals surface area contributed by atoms with E-state index in [9.17, 15) is 18.0 Å². The first-order chi connectivity index (χ1) is 16.3. The summed E-state index contributed by atoms with van der Waals surface area (Å²) in [6, 6.07) is 0.819. The largest absolute Gasteiger partial charge is 0.451 e. The summed E-state index contributed by atoms with van der Waals surface area (Å²) >= 11 is 0. The van der Waals surface area contributed by atoms with Crippen molar-refractivity contribution in [1.29, 1.82) is 0 Å². The molecule has 10 nitrogen and oxygen atoms in total. The van der Waals surface area contributed by atoms with Gasteiger partial charge in [0.05, 0.1) is 12.1 Å². The minimum atomic E-state index is -4.71. The molecule has 2 amide bonds. The monoisotopic (exact) mass is 498 g/mol. The third-order valence-electron chi connectivity index (χ3n) is 6.36. The van der Waals surface area contributed by atoms with Crippen molar-refractivity contribution in [3.05, 3.63) is 29.4 Å². The summed E-state index contributed by atoms with van der Waals surface area (Å²) < 4.78 is 44.3. The average molecular weight is 499 g/mol. The highest BCUT2D eigenvalue weighted by molar-refractivity contribution is 6.01. The van der Waals surface area contributed by atoms with E-state index in [1.165, 1.54) is 6.07 Å². The highest BCUT2D eigenvalue weighted by Gasteiger charge is 2.43. The van der Waals surface area contributed by atoms with Gasteiger partial charge in [-0.3, -0.25) is 0 Å². The van der Waals surface area contributed by atoms with E-state index < -0.39 is 17.5 Å². The Morgan fingerprint density at radius 3 is 2.63 bits per heavy atom. The number of hydrogen-bond acceptors (Lipinski definition) is 7. The summed E-state index contributed by atoms with van der Waals surface area (Å²) in [6.07, 6.45) is -2.05. The molecule has 1 aromatic rings. The fraction of sp³-hybridized carbons (Fsp3) is 0.636. The number of aromatic nitrogens is 2. The number of amides is 2. The molecule has 0 radical (unpaired) electrons. The lowest BCUT2D eigenvalue weighted by molar-refractivity contribution is -0.144. The molecule has 0 aliphatic carbocycles. The first-order valence-electron chi connectivity index (χ1n) is 11.3. The van der Waals surface area contributed by atoms with Gasteiger partial charge < -0.3 is 31.3 Å². The van der Waals surface area contributed by atoms with Crippen molar-refractivity contribution < 1.29 is 22.7 Å². The highest BCUT2D eigenvalue weighted by Crippen LogP contribution is 2.32. The number of nitrogens with two attached hydrogens (primary N) is 2. The maximum Gasteiger partial charge on any atom is 0.451 e. The van der Waals surface area contributed by atoms with Gasteiger partial charge in [0.25, 0.3) is 0 Å². The zero-order valence-corrected chi connectivity index (χ0v) is 20.4.